The van der Waals surface area contributed by atoms with Crippen LogP contribution in [0.4, 0.5) is 0 Å². The molecule has 0 saturated heterocycles. The average molecular weight is 452 g/mol. The van der Waals surface area contributed by atoms with Crippen LogP contribution in [0.3, 0.4) is 0 Å². The molecule has 0 aliphatic rings. The van der Waals surface area contributed by atoms with E-state index < -0.39 is 5.97 Å². The quantitative estimate of drug-likeness (QED) is 0.304. The molecular formula is C26H29NO6. The molecule has 0 radical (unpaired) electrons. The lowest BCUT2D eigenvalue weighted by molar-refractivity contribution is -0.137. The molecule has 0 spiro atoms. The van der Waals surface area contributed by atoms with E-state index in [1.54, 1.807) is 26.6 Å². The fourth-order valence-electron chi connectivity index (χ4n) is 3.72. The van der Waals surface area contributed by atoms with E-state index >= 15 is 0 Å². The molecule has 33 heavy (non-hydrogen) atoms. The van der Waals surface area contributed by atoms with Crippen LogP contribution >= 0.6 is 0 Å². The molecule has 2 aromatic carbocycles. The van der Waals surface area contributed by atoms with Gasteiger partial charge in [-0.15, -0.1) is 0 Å². The van der Waals surface area contributed by atoms with Gasteiger partial charge < -0.3 is 24.3 Å². The zero-order chi connectivity index (χ0) is 23.8. The van der Waals surface area contributed by atoms with Crippen molar-refractivity contribution in [2.24, 2.45) is 0 Å². The summed E-state index contributed by atoms with van der Waals surface area (Å²) in [7, 11) is 3.21. The third-order valence-electron chi connectivity index (χ3n) is 5.43. The fourth-order valence-corrected chi connectivity index (χ4v) is 3.72. The summed E-state index contributed by atoms with van der Waals surface area (Å²) >= 11 is 0. The number of fused-ring (bicyclic) bond motifs is 1. The molecule has 0 bridgehead atoms. The van der Waals surface area contributed by atoms with Crippen LogP contribution in [0.2, 0.25) is 0 Å². The van der Waals surface area contributed by atoms with Crippen LogP contribution in [-0.4, -0.2) is 37.7 Å². The first kappa shape index (κ1) is 23.9. The van der Waals surface area contributed by atoms with Crippen molar-refractivity contribution in [3.05, 3.63) is 54.3 Å². The highest BCUT2D eigenvalue weighted by Gasteiger charge is 2.16. The van der Waals surface area contributed by atoms with Gasteiger partial charge in [0.2, 0.25) is 5.91 Å². The van der Waals surface area contributed by atoms with Crippen LogP contribution in [0.1, 0.15) is 38.2 Å². The molecule has 0 unspecified atom stereocenters. The summed E-state index contributed by atoms with van der Waals surface area (Å²) in [4.78, 5) is 22.9. The topological polar surface area (TPSA) is 98.0 Å². The van der Waals surface area contributed by atoms with Crippen LogP contribution in [0.25, 0.3) is 27.7 Å². The number of carbonyl (C=O) groups excluding carboxylic acids is 1. The number of furan rings is 1. The molecule has 0 fully saturated rings. The highest BCUT2D eigenvalue weighted by molar-refractivity contribution is 6.01. The largest absolute Gasteiger partial charge is 0.496 e. The fraction of sp³-hybridized carbons (Fsp3) is 0.308. The Morgan fingerprint density at radius 3 is 2.52 bits per heavy atom. The standard InChI is InChI=1S/C26H29NO6/c1-17(13-25(28)27-12-8-4-5-11-26(29)30)19-14-20-21(16-33-24(20)15-23(19)32-3)18-9-6-7-10-22(18)31-2/h6-7,9-10,13-16H,4-5,8,11-12H2,1-3H3,(H,27,28)(H,29,30)/b17-13+. The van der Waals surface area contributed by atoms with Crippen molar-refractivity contribution >= 4 is 28.4 Å². The van der Waals surface area contributed by atoms with E-state index in [9.17, 15) is 9.59 Å². The van der Waals surface area contributed by atoms with Gasteiger partial charge in [-0.25, -0.2) is 0 Å². The van der Waals surface area contributed by atoms with E-state index in [1.165, 1.54) is 0 Å². The normalized spacial score (nSPS) is 11.4. The molecule has 1 aromatic heterocycles. The lowest BCUT2D eigenvalue weighted by atomic mass is 9.98. The number of hydrogen-bond acceptors (Lipinski definition) is 5. The third kappa shape index (κ3) is 5.94. The van der Waals surface area contributed by atoms with Gasteiger partial charge in [-0.1, -0.05) is 24.6 Å². The summed E-state index contributed by atoms with van der Waals surface area (Å²) in [5.74, 6) is 0.353. The highest BCUT2D eigenvalue weighted by atomic mass is 16.5. The van der Waals surface area contributed by atoms with Crippen molar-refractivity contribution in [3.63, 3.8) is 0 Å². The predicted octanol–water partition coefficient (Wildman–Crippen LogP) is 5.28. The van der Waals surface area contributed by atoms with Crippen molar-refractivity contribution in [3.8, 4) is 22.6 Å². The van der Waals surface area contributed by atoms with Crippen LogP contribution in [0.15, 0.2) is 53.2 Å². The number of nitrogens with one attached hydrogen (secondary N) is 1. The minimum absolute atomic E-state index is 0.153. The van der Waals surface area contributed by atoms with E-state index in [0.29, 0.717) is 24.3 Å². The Bertz CT molecular complexity index is 1160. The summed E-state index contributed by atoms with van der Waals surface area (Å²) < 4.78 is 16.9. The zero-order valence-electron chi connectivity index (χ0n) is 19.1. The lowest BCUT2D eigenvalue weighted by Gasteiger charge is -2.11. The molecule has 1 heterocycles. The number of aliphatic carboxylic acids is 1. The van der Waals surface area contributed by atoms with Gasteiger partial charge in [0.1, 0.15) is 17.1 Å². The number of benzene rings is 2. The molecular weight excluding hydrogens is 422 g/mol. The lowest BCUT2D eigenvalue weighted by Crippen LogP contribution is -2.22. The first-order valence-electron chi connectivity index (χ1n) is 10.9. The van der Waals surface area contributed by atoms with E-state index in [2.05, 4.69) is 5.32 Å². The number of unbranched alkanes of at least 4 members (excludes halogenated alkanes) is 2. The van der Waals surface area contributed by atoms with Crippen molar-refractivity contribution in [2.45, 2.75) is 32.6 Å². The molecule has 0 aliphatic heterocycles. The third-order valence-corrected chi connectivity index (χ3v) is 5.43. The highest BCUT2D eigenvalue weighted by Crippen LogP contribution is 2.40. The second-order valence-corrected chi connectivity index (χ2v) is 7.72. The monoisotopic (exact) mass is 451 g/mol. The number of para-hydroxylation sites is 1. The number of hydrogen-bond donors (Lipinski definition) is 2. The summed E-state index contributed by atoms with van der Waals surface area (Å²) in [6.07, 6.45) is 5.49. The maximum atomic E-state index is 12.4. The van der Waals surface area contributed by atoms with Gasteiger partial charge in [0.15, 0.2) is 0 Å². The van der Waals surface area contributed by atoms with Gasteiger partial charge in [-0.3, -0.25) is 9.59 Å². The summed E-state index contributed by atoms with van der Waals surface area (Å²) in [5, 5.41) is 12.4. The molecule has 7 nitrogen and oxygen atoms in total. The number of rotatable bonds is 11. The molecule has 2 N–H and O–H groups in total. The van der Waals surface area contributed by atoms with Gasteiger partial charge in [0, 0.05) is 47.2 Å². The number of ether oxygens (including phenoxy) is 2. The number of amides is 1. The van der Waals surface area contributed by atoms with Gasteiger partial charge >= 0.3 is 5.97 Å². The van der Waals surface area contributed by atoms with Crippen molar-refractivity contribution in [2.75, 3.05) is 20.8 Å². The second kappa shape index (κ2) is 11.2. The summed E-state index contributed by atoms with van der Waals surface area (Å²) in [6.45, 7) is 2.36. The summed E-state index contributed by atoms with van der Waals surface area (Å²) in [5.41, 5.74) is 4.03. The van der Waals surface area contributed by atoms with E-state index in [0.717, 1.165) is 46.2 Å². The molecule has 7 heteroatoms. The molecule has 3 rings (SSSR count). The molecule has 0 saturated carbocycles. The van der Waals surface area contributed by atoms with Gasteiger partial charge in [-0.05, 0) is 37.5 Å². The van der Waals surface area contributed by atoms with Gasteiger partial charge in [0.05, 0.1) is 20.5 Å². The molecule has 0 aliphatic carbocycles. The van der Waals surface area contributed by atoms with Gasteiger partial charge in [0.25, 0.3) is 0 Å². The number of allylic oxidation sites excluding steroid dienone is 1. The Morgan fingerprint density at radius 2 is 1.79 bits per heavy atom. The Morgan fingerprint density at radius 1 is 1.03 bits per heavy atom. The molecule has 1 amide bonds. The summed E-state index contributed by atoms with van der Waals surface area (Å²) in [6, 6.07) is 11.5. The van der Waals surface area contributed by atoms with Crippen LogP contribution in [0.5, 0.6) is 11.5 Å². The first-order valence-corrected chi connectivity index (χ1v) is 10.9. The van der Waals surface area contributed by atoms with Crippen molar-refractivity contribution in [1.82, 2.24) is 5.32 Å². The molecule has 174 valence electrons. The first-order chi connectivity index (χ1) is 15.9. The van der Waals surface area contributed by atoms with Crippen molar-refractivity contribution in [1.29, 1.82) is 0 Å². The van der Waals surface area contributed by atoms with Crippen molar-refractivity contribution < 1.29 is 28.6 Å². The van der Waals surface area contributed by atoms with Crippen LogP contribution in [0, 0.1) is 0 Å². The number of carboxylic acid groups (broad SMARTS) is 1. The van der Waals surface area contributed by atoms with E-state index in [-0.39, 0.29) is 12.3 Å². The van der Waals surface area contributed by atoms with Crippen LogP contribution in [-0.2, 0) is 9.59 Å². The average Bonchev–Trinajstić information content (AvgIpc) is 3.22. The maximum absolute atomic E-state index is 12.4. The SMILES string of the molecule is COc1cc2occ(-c3ccccc3OC)c2cc1/C(C)=C/C(=O)NCCCCCC(=O)O. The van der Waals surface area contributed by atoms with E-state index in [4.69, 9.17) is 19.0 Å². The number of methoxy groups -OCH3 is 2. The number of carbonyl (C=O) groups is 2. The Labute approximate surface area is 193 Å². The Kier molecular flexibility index (Phi) is 8.13. The minimum Gasteiger partial charge on any atom is -0.496 e. The maximum Gasteiger partial charge on any atom is 0.303 e. The Hall–Kier alpha value is -3.74. The smallest absolute Gasteiger partial charge is 0.303 e. The Balaban J connectivity index is 1.81. The predicted molar refractivity (Wildman–Crippen MR) is 128 cm³/mol. The molecule has 0 atom stereocenters. The van der Waals surface area contributed by atoms with E-state index in [1.807, 2.05) is 43.3 Å². The number of carboxylic acids is 1. The zero-order valence-corrected chi connectivity index (χ0v) is 19.1. The minimum atomic E-state index is -0.796. The molecule has 3 aromatic rings. The van der Waals surface area contributed by atoms with Crippen LogP contribution < -0.4 is 14.8 Å². The second-order valence-electron chi connectivity index (χ2n) is 7.72. The van der Waals surface area contributed by atoms with Gasteiger partial charge in [-0.2, -0.15) is 0 Å².